The topological polar surface area (TPSA) is 50.5 Å². The molecule has 1 aromatic carbocycles. The summed E-state index contributed by atoms with van der Waals surface area (Å²) in [5.74, 6) is 0.820. The number of thiophene rings is 2. The Morgan fingerprint density at radius 1 is 1.11 bits per heavy atom. The van der Waals surface area contributed by atoms with Gasteiger partial charge in [-0.25, -0.2) is 9.99 Å². The van der Waals surface area contributed by atoms with Crippen molar-refractivity contribution < 1.29 is 4.79 Å². The zero-order chi connectivity index (χ0) is 19.1. The number of fused-ring (bicyclic) bond motifs is 1. The van der Waals surface area contributed by atoms with Crippen molar-refractivity contribution in [2.75, 3.05) is 0 Å². The SMILES string of the molecule is Cc1nc2ccccc2n1CC(=O)N1N=C(c2cccs2)C[C@H]1c1cccs1. The number of hydrogen-bond acceptors (Lipinski definition) is 5. The van der Waals surface area contributed by atoms with E-state index in [1.165, 1.54) is 0 Å². The number of para-hydroxylation sites is 2. The van der Waals surface area contributed by atoms with Gasteiger partial charge in [-0.05, 0) is 41.9 Å². The Balaban J connectivity index is 1.49. The molecule has 28 heavy (non-hydrogen) atoms. The number of carbonyl (C=O) groups is 1. The number of hydrazone groups is 1. The van der Waals surface area contributed by atoms with E-state index in [-0.39, 0.29) is 18.5 Å². The van der Waals surface area contributed by atoms with Gasteiger partial charge in [-0.2, -0.15) is 5.10 Å². The molecule has 0 radical (unpaired) electrons. The second-order valence-electron chi connectivity index (χ2n) is 6.73. The van der Waals surface area contributed by atoms with Crippen molar-refractivity contribution in [2.45, 2.75) is 25.9 Å². The zero-order valence-electron chi connectivity index (χ0n) is 15.3. The molecule has 140 valence electrons. The fourth-order valence-corrected chi connectivity index (χ4v) is 5.17. The predicted octanol–water partition coefficient (Wildman–Crippen LogP) is 4.85. The molecule has 0 N–H and O–H groups in total. The van der Waals surface area contributed by atoms with Crippen LogP contribution in [-0.2, 0) is 11.3 Å². The van der Waals surface area contributed by atoms with Crippen LogP contribution in [0.2, 0.25) is 0 Å². The maximum atomic E-state index is 13.3. The van der Waals surface area contributed by atoms with Crippen molar-refractivity contribution in [3.8, 4) is 0 Å². The van der Waals surface area contributed by atoms with Gasteiger partial charge in [0.25, 0.3) is 5.91 Å². The average Bonchev–Trinajstić information content (AvgIpc) is 3.48. The van der Waals surface area contributed by atoms with Gasteiger partial charge < -0.3 is 4.57 Å². The summed E-state index contributed by atoms with van der Waals surface area (Å²) in [6, 6.07) is 16.1. The molecule has 1 amide bonds. The van der Waals surface area contributed by atoms with E-state index >= 15 is 0 Å². The highest BCUT2D eigenvalue weighted by Gasteiger charge is 2.34. The van der Waals surface area contributed by atoms with Gasteiger partial charge in [-0.1, -0.05) is 24.3 Å². The highest BCUT2D eigenvalue weighted by Crippen LogP contribution is 2.36. The minimum Gasteiger partial charge on any atom is -0.319 e. The van der Waals surface area contributed by atoms with Crippen LogP contribution in [0.3, 0.4) is 0 Å². The molecule has 4 aromatic rings. The van der Waals surface area contributed by atoms with E-state index in [0.717, 1.165) is 38.7 Å². The highest BCUT2D eigenvalue weighted by atomic mass is 32.1. The first kappa shape index (κ1) is 17.3. The normalized spacial score (nSPS) is 16.7. The number of aromatic nitrogens is 2. The van der Waals surface area contributed by atoms with Gasteiger partial charge in [0.15, 0.2) is 0 Å². The minimum absolute atomic E-state index is 0.0174. The summed E-state index contributed by atoms with van der Waals surface area (Å²) in [6.07, 6.45) is 0.746. The number of benzene rings is 1. The van der Waals surface area contributed by atoms with Crippen molar-refractivity contribution in [2.24, 2.45) is 5.10 Å². The van der Waals surface area contributed by atoms with Crippen molar-refractivity contribution in [3.63, 3.8) is 0 Å². The van der Waals surface area contributed by atoms with Crippen molar-refractivity contribution in [3.05, 3.63) is 74.9 Å². The molecule has 3 aromatic heterocycles. The molecule has 0 unspecified atom stereocenters. The molecule has 0 spiro atoms. The van der Waals surface area contributed by atoms with Crippen LogP contribution in [0.15, 0.2) is 64.4 Å². The first-order chi connectivity index (χ1) is 13.7. The van der Waals surface area contributed by atoms with E-state index < -0.39 is 0 Å². The third-order valence-electron chi connectivity index (χ3n) is 4.98. The van der Waals surface area contributed by atoms with E-state index in [1.54, 1.807) is 27.7 Å². The summed E-state index contributed by atoms with van der Waals surface area (Å²) in [5, 5.41) is 10.5. The maximum absolute atomic E-state index is 13.3. The highest BCUT2D eigenvalue weighted by molar-refractivity contribution is 7.12. The Morgan fingerprint density at radius 3 is 2.71 bits per heavy atom. The number of rotatable bonds is 4. The van der Waals surface area contributed by atoms with Gasteiger partial charge in [-0.15, -0.1) is 22.7 Å². The molecule has 5 nitrogen and oxygen atoms in total. The van der Waals surface area contributed by atoms with Gasteiger partial charge in [0.2, 0.25) is 0 Å². The summed E-state index contributed by atoms with van der Waals surface area (Å²) in [7, 11) is 0. The number of carbonyl (C=O) groups excluding carboxylic acids is 1. The first-order valence-electron chi connectivity index (χ1n) is 9.09. The Hall–Kier alpha value is -2.77. The summed E-state index contributed by atoms with van der Waals surface area (Å²) < 4.78 is 1.97. The number of amides is 1. The standard InChI is InChI=1S/C21H18N4OS2/c1-14-22-15-6-2-3-7-17(15)24(14)13-21(26)25-18(20-9-5-11-28-20)12-16(23-25)19-8-4-10-27-19/h2-11,18H,12-13H2,1H3/t18-/m0/s1. The summed E-state index contributed by atoms with van der Waals surface area (Å²) in [5.41, 5.74) is 2.86. The minimum atomic E-state index is -0.0420. The van der Waals surface area contributed by atoms with Gasteiger partial charge in [-0.3, -0.25) is 4.79 Å². The summed E-state index contributed by atoms with van der Waals surface area (Å²) in [4.78, 5) is 20.2. The third-order valence-corrected chi connectivity index (χ3v) is 6.87. The van der Waals surface area contributed by atoms with E-state index in [2.05, 4.69) is 22.5 Å². The third kappa shape index (κ3) is 2.96. The smallest absolute Gasteiger partial charge is 0.263 e. The average molecular weight is 407 g/mol. The van der Waals surface area contributed by atoms with Crippen LogP contribution in [0, 0.1) is 6.92 Å². The van der Waals surface area contributed by atoms with Gasteiger partial charge in [0.1, 0.15) is 12.4 Å². The monoisotopic (exact) mass is 406 g/mol. The molecule has 1 atom stereocenters. The molecule has 0 fully saturated rings. The molecule has 5 rings (SSSR count). The Labute approximate surface area is 170 Å². The molecule has 4 heterocycles. The molecule has 0 bridgehead atoms. The lowest BCUT2D eigenvalue weighted by Gasteiger charge is -2.21. The number of imidazole rings is 1. The van der Waals surface area contributed by atoms with Crippen LogP contribution in [0.1, 0.15) is 28.0 Å². The molecule has 7 heteroatoms. The van der Waals surface area contributed by atoms with Crippen LogP contribution in [-0.4, -0.2) is 26.2 Å². The molecule has 0 aliphatic carbocycles. The van der Waals surface area contributed by atoms with Crippen molar-refractivity contribution in [1.29, 1.82) is 0 Å². The van der Waals surface area contributed by atoms with E-state index in [1.807, 2.05) is 53.3 Å². The summed E-state index contributed by atoms with van der Waals surface area (Å²) >= 11 is 3.33. The van der Waals surface area contributed by atoms with E-state index in [9.17, 15) is 4.79 Å². The lowest BCUT2D eigenvalue weighted by Crippen LogP contribution is -2.30. The molecule has 1 aliphatic rings. The van der Waals surface area contributed by atoms with Gasteiger partial charge in [0, 0.05) is 11.3 Å². The van der Waals surface area contributed by atoms with E-state index in [0.29, 0.717) is 0 Å². The molecule has 0 saturated heterocycles. The van der Waals surface area contributed by atoms with Crippen molar-refractivity contribution in [1.82, 2.24) is 14.6 Å². The number of aryl methyl sites for hydroxylation is 1. The molecular formula is C21H18N4OS2. The van der Waals surface area contributed by atoms with Crippen LogP contribution < -0.4 is 0 Å². The van der Waals surface area contributed by atoms with Crippen LogP contribution in [0.25, 0.3) is 11.0 Å². The van der Waals surface area contributed by atoms with Crippen LogP contribution in [0.5, 0.6) is 0 Å². The molecular weight excluding hydrogens is 388 g/mol. The largest absolute Gasteiger partial charge is 0.319 e. The molecule has 0 saturated carbocycles. The maximum Gasteiger partial charge on any atom is 0.263 e. The second-order valence-corrected chi connectivity index (χ2v) is 8.66. The van der Waals surface area contributed by atoms with Gasteiger partial charge >= 0.3 is 0 Å². The fourth-order valence-electron chi connectivity index (χ4n) is 3.64. The Kier molecular flexibility index (Phi) is 4.33. The van der Waals surface area contributed by atoms with Crippen molar-refractivity contribution >= 4 is 45.3 Å². The lowest BCUT2D eigenvalue weighted by atomic mass is 10.1. The predicted molar refractivity (Wildman–Crippen MR) is 114 cm³/mol. The fraction of sp³-hybridized carbons (Fsp3) is 0.190. The van der Waals surface area contributed by atoms with Gasteiger partial charge in [0.05, 0.1) is 27.7 Å². The van der Waals surface area contributed by atoms with Crippen LogP contribution >= 0.6 is 22.7 Å². The number of nitrogens with zero attached hydrogens (tertiary/aromatic N) is 4. The zero-order valence-corrected chi connectivity index (χ0v) is 16.9. The van der Waals surface area contributed by atoms with E-state index in [4.69, 9.17) is 5.10 Å². The molecule has 1 aliphatic heterocycles. The number of hydrogen-bond donors (Lipinski definition) is 0. The first-order valence-corrected chi connectivity index (χ1v) is 10.9. The Morgan fingerprint density at radius 2 is 1.93 bits per heavy atom. The Bertz CT molecular complexity index is 1160. The second kappa shape index (κ2) is 7.00. The lowest BCUT2D eigenvalue weighted by molar-refractivity contribution is -0.133. The summed E-state index contributed by atoms with van der Waals surface area (Å²) in [6.45, 7) is 2.17. The quantitative estimate of drug-likeness (QED) is 0.487. The van der Waals surface area contributed by atoms with Crippen LogP contribution in [0.4, 0.5) is 0 Å².